The molecule has 174 valence electrons. The van der Waals surface area contributed by atoms with Crippen molar-refractivity contribution in [3.8, 4) is 0 Å². The van der Waals surface area contributed by atoms with Crippen LogP contribution in [0.2, 0.25) is 0 Å². The van der Waals surface area contributed by atoms with Gasteiger partial charge in [0, 0.05) is 11.4 Å². The van der Waals surface area contributed by atoms with E-state index in [1.807, 2.05) is 12.1 Å². The maximum Gasteiger partial charge on any atom is 0.259 e. The fourth-order valence-corrected chi connectivity index (χ4v) is 5.49. The molecule has 0 fully saturated rings. The van der Waals surface area contributed by atoms with Crippen LogP contribution in [0.1, 0.15) is 55.1 Å². The van der Waals surface area contributed by atoms with Crippen molar-refractivity contribution in [2.45, 2.75) is 65.2 Å². The first kappa shape index (κ1) is 23.2. The number of nitrogens with one attached hydrogen (secondary N) is 1. The third-order valence-electron chi connectivity index (χ3n) is 5.87. The molecule has 0 amide bonds. The summed E-state index contributed by atoms with van der Waals surface area (Å²) < 4.78 is 10.9. The van der Waals surface area contributed by atoms with Gasteiger partial charge in [0.15, 0.2) is 0 Å². The highest BCUT2D eigenvalue weighted by atomic mass is 32.1. The average molecular weight is 460 g/mol. The molecular weight excluding hydrogens is 426 g/mol. The van der Waals surface area contributed by atoms with Gasteiger partial charge in [0.2, 0.25) is 0 Å². The van der Waals surface area contributed by atoms with Crippen LogP contribution in [0.4, 0.5) is 0 Å². The molecule has 32 heavy (non-hydrogen) atoms. The van der Waals surface area contributed by atoms with Crippen molar-refractivity contribution in [1.29, 1.82) is 0 Å². The van der Waals surface area contributed by atoms with Crippen molar-refractivity contribution in [3.05, 3.63) is 50.8 Å². The summed E-state index contributed by atoms with van der Waals surface area (Å²) in [7, 11) is 0. The van der Waals surface area contributed by atoms with E-state index >= 15 is 0 Å². The van der Waals surface area contributed by atoms with Gasteiger partial charge in [-0.2, -0.15) is 0 Å². The van der Waals surface area contributed by atoms with E-state index in [4.69, 9.17) is 14.1 Å². The minimum absolute atomic E-state index is 0.0319. The number of thiophene rings is 1. The zero-order valence-electron chi connectivity index (χ0n) is 18.9. The summed E-state index contributed by atoms with van der Waals surface area (Å²) in [6, 6.07) is 3.67. The number of rotatable bonds is 11. The van der Waals surface area contributed by atoms with E-state index < -0.39 is 6.10 Å². The summed E-state index contributed by atoms with van der Waals surface area (Å²) in [4.78, 5) is 25.0. The minimum Gasteiger partial charge on any atom is -0.467 e. The van der Waals surface area contributed by atoms with Crippen molar-refractivity contribution < 1.29 is 14.3 Å². The molecule has 3 heterocycles. The van der Waals surface area contributed by atoms with Gasteiger partial charge >= 0.3 is 0 Å². The van der Waals surface area contributed by atoms with Crippen LogP contribution >= 0.6 is 11.3 Å². The highest BCUT2D eigenvalue weighted by molar-refractivity contribution is 7.18. The van der Waals surface area contributed by atoms with Gasteiger partial charge in [-0.15, -0.1) is 11.3 Å². The molecule has 1 unspecified atom stereocenters. The number of hydrogen-bond acceptors (Lipinski definition) is 7. The Hall–Kier alpha value is -2.00. The lowest BCUT2D eigenvalue weighted by Gasteiger charge is -2.25. The van der Waals surface area contributed by atoms with Crippen LogP contribution in [0.5, 0.6) is 0 Å². The van der Waals surface area contributed by atoms with Crippen LogP contribution in [0.15, 0.2) is 27.6 Å². The Kier molecular flexibility index (Phi) is 7.78. The molecule has 1 aliphatic rings. The summed E-state index contributed by atoms with van der Waals surface area (Å²) in [6.07, 6.45) is 6.33. The lowest BCUT2D eigenvalue weighted by molar-refractivity contribution is 0.00291. The molecule has 0 saturated heterocycles. The second kappa shape index (κ2) is 10.7. The number of nitrogens with zero attached hydrogens (tertiary/aromatic N) is 2. The van der Waals surface area contributed by atoms with Crippen LogP contribution in [0.3, 0.4) is 0 Å². The average Bonchev–Trinajstić information content (AvgIpc) is 3.39. The molecule has 0 bridgehead atoms. The predicted molar refractivity (Wildman–Crippen MR) is 126 cm³/mol. The molecule has 1 aliphatic carbocycles. The molecule has 4 rings (SSSR count). The van der Waals surface area contributed by atoms with Crippen molar-refractivity contribution in [2.24, 2.45) is 5.92 Å². The molecule has 0 saturated carbocycles. The number of aliphatic hydroxyl groups excluding tert-OH is 1. The van der Waals surface area contributed by atoms with E-state index in [-0.39, 0.29) is 12.2 Å². The van der Waals surface area contributed by atoms with Crippen molar-refractivity contribution in [3.63, 3.8) is 0 Å². The Morgan fingerprint density at radius 3 is 2.97 bits per heavy atom. The number of H-pyrrole nitrogens is 1. The van der Waals surface area contributed by atoms with E-state index in [9.17, 15) is 9.90 Å². The van der Waals surface area contributed by atoms with Gasteiger partial charge in [-0.3, -0.25) is 9.69 Å². The number of aliphatic hydroxyl groups is 1. The summed E-state index contributed by atoms with van der Waals surface area (Å²) in [5.74, 6) is 1.94. The number of hydrogen-bond donors (Lipinski definition) is 2. The van der Waals surface area contributed by atoms with Gasteiger partial charge in [-0.1, -0.05) is 13.8 Å². The molecule has 7 nitrogen and oxygen atoms in total. The van der Waals surface area contributed by atoms with Crippen molar-refractivity contribution >= 4 is 21.6 Å². The van der Waals surface area contributed by atoms with E-state index in [0.29, 0.717) is 31.4 Å². The van der Waals surface area contributed by atoms with Gasteiger partial charge in [0.05, 0.1) is 30.9 Å². The second-order valence-corrected chi connectivity index (χ2v) is 10.2. The van der Waals surface area contributed by atoms with Gasteiger partial charge < -0.3 is 19.2 Å². The zero-order chi connectivity index (χ0) is 22.5. The number of ether oxygens (including phenoxy) is 1. The van der Waals surface area contributed by atoms with Crippen LogP contribution in [-0.4, -0.2) is 45.8 Å². The standard InChI is InChI=1S/C24H33N3O4S/c1-16(2)9-10-27(12-17(28)14-30-15-18-6-5-11-31-18)13-21-25-23(29)22-19-7-3-4-8-20(19)32-24(22)26-21/h5-6,11,16-17,28H,3-4,7-10,12-15H2,1-2H3,(H,25,26,29). The summed E-state index contributed by atoms with van der Waals surface area (Å²) >= 11 is 1.67. The van der Waals surface area contributed by atoms with E-state index in [0.717, 1.165) is 48.2 Å². The van der Waals surface area contributed by atoms with E-state index in [1.165, 1.54) is 16.9 Å². The topological polar surface area (TPSA) is 91.6 Å². The molecule has 3 aromatic heterocycles. The summed E-state index contributed by atoms with van der Waals surface area (Å²) in [5, 5.41) is 11.3. The Morgan fingerprint density at radius 1 is 1.34 bits per heavy atom. The largest absolute Gasteiger partial charge is 0.467 e. The Bertz CT molecular complexity index is 1060. The van der Waals surface area contributed by atoms with E-state index in [1.54, 1.807) is 17.6 Å². The monoisotopic (exact) mass is 459 g/mol. The second-order valence-electron chi connectivity index (χ2n) is 9.07. The van der Waals surface area contributed by atoms with Crippen molar-refractivity contribution in [2.75, 3.05) is 19.7 Å². The highest BCUT2D eigenvalue weighted by Gasteiger charge is 2.21. The van der Waals surface area contributed by atoms with Crippen LogP contribution in [-0.2, 0) is 30.7 Å². The quantitative estimate of drug-likeness (QED) is 0.452. The van der Waals surface area contributed by atoms with Crippen LogP contribution in [0.25, 0.3) is 10.2 Å². The summed E-state index contributed by atoms with van der Waals surface area (Å²) in [6.45, 7) is 6.69. The third kappa shape index (κ3) is 5.86. The fourth-order valence-electron chi connectivity index (χ4n) is 4.21. The Labute approximate surface area is 192 Å². The maximum atomic E-state index is 12.9. The number of furan rings is 1. The molecule has 2 N–H and O–H groups in total. The first-order valence-electron chi connectivity index (χ1n) is 11.5. The molecule has 3 aromatic rings. The van der Waals surface area contributed by atoms with Gasteiger partial charge in [0.1, 0.15) is 23.0 Å². The Balaban J connectivity index is 1.43. The predicted octanol–water partition coefficient (Wildman–Crippen LogP) is 3.88. The molecule has 8 heteroatoms. The molecule has 0 aromatic carbocycles. The lowest BCUT2D eigenvalue weighted by Crippen LogP contribution is -2.36. The van der Waals surface area contributed by atoms with E-state index in [2.05, 4.69) is 23.7 Å². The minimum atomic E-state index is -0.637. The van der Waals surface area contributed by atoms with Gasteiger partial charge in [-0.25, -0.2) is 4.98 Å². The number of fused-ring (bicyclic) bond motifs is 3. The SMILES string of the molecule is CC(C)CCN(Cc1nc2sc3c(c2c(=O)[nH]1)CCCC3)CC(O)COCc1ccco1. The summed E-state index contributed by atoms with van der Waals surface area (Å²) in [5.41, 5.74) is 1.17. The fraction of sp³-hybridized carbons (Fsp3) is 0.583. The van der Waals surface area contributed by atoms with Crippen molar-refractivity contribution in [1.82, 2.24) is 14.9 Å². The number of aryl methyl sites for hydroxylation is 2. The normalized spacial score (nSPS) is 15.0. The maximum absolute atomic E-state index is 12.9. The van der Waals surface area contributed by atoms with Gasteiger partial charge in [0.25, 0.3) is 5.56 Å². The third-order valence-corrected chi connectivity index (χ3v) is 7.06. The first-order chi connectivity index (χ1) is 15.5. The molecular formula is C24H33N3O4S. The van der Waals surface area contributed by atoms with Crippen LogP contribution in [0, 0.1) is 5.92 Å². The molecule has 1 atom stereocenters. The Morgan fingerprint density at radius 2 is 2.19 bits per heavy atom. The molecule has 0 spiro atoms. The zero-order valence-corrected chi connectivity index (χ0v) is 19.7. The first-order valence-corrected chi connectivity index (χ1v) is 12.3. The highest BCUT2D eigenvalue weighted by Crippen LogP contribution is 2.33. The molecule has 0 radical (unpaired) electrons. The number of aromatic nitrogens is 2. The van der Waals surface area contributed by atoms with Gasteiger partial charge in [-0.05, 0) is 62.3 Å². The smallest absolute Gasteiger partial charge is 0.259 e. The molecule has 0 aliphatic heterocycles. The lowest BCUT2D eigenvalue weighted by atomic mass is 9.97. The number of aromatic amines is 1. The van der Waals surface area contributed by atoms with Crippen LogP contribution < -0.4 is 5.56 Å².